The minimum Gasteiger partial charge on any atom is -0.386 e. The first-order chi connectivity index (χ1) is 10.5. The highest BCUT2D eigenvalue weighted by Gasteiger charge is 2.38. The summed E-state index contributed by atoms with van der Waals surface area (Å²) in [6.07, 6.45) is -1.21. The van der Waals surface area contributed by atoms with E-state index < -0.39 is 12.1 Å². The van der Waals surface area contributed by atoms with Gasteiger partial charge in [0, 0.05) is 12.6 Å². The van der Waals surface area contributed by atoms with Crippen LogP contribution in [0.4, 0.5) is 18.9 Å². The van der Waals surface area contributed by atoms with Crippen molar-refractivity contribution in [1.29, 1.82) is 0 Å². The first kappa shape index (κ1) is 16.8. The van der Waals surface area contributed by atoms with Crippen molar-refractivity contribution < 1.29 is 17.7 Å². The Morgan fingerprint density at radius 3 is 2.39 bits per heavy atom. The van der Waals surface area contributed by atoms with Crippen LogP contribution in [0.15, 0.2) is 41.2 Å². The fourth-order valence-corrected chi connectivity index (χ4v) is 1.81. The summed E-state index contributed by atoms with van der Waals surface area (Å²) in [6, 6.07) is 6.60. The van der Waals surface area contributed by atoms with E-state index in [-0.39, 0.29) is 18.2 Å². The predicted octanol–water partition coefficient (Wildman–Crippen LogP) is 3.40. The smallest absolute Gasteiger partial charge is 0.386 e. The van der Waals surface area contributed by atoms with Gasteiger partial charge in [-0.25, -0.2) is 4.68 Å². The van der Waals surface area contributed by atoms with E-state index in [9.17, 15) is 13.2 Å². The molecule has 0 amide bonds. The predicted molar refractivity (Wildman–Crippen MR) is 78.7 cm³/mol. The number of nitrogens with one attached hydrogen (secondary N) is 1. The Kier molecular flexibility index (Phi) is 4.60. The van der Waals surface area contributed by atoms with E-state index in [1.807, 2.05) is 0 Å². The molecular formula is C13H11ClF3N5O. The van der Waals surface area contributed by atoms with E-state index in [2.05, 4.69) is 25.1 Å². The number of hydrogen-bond donors (Lipinski definition) is 1. The van der Waals surface area contributed by atoms with Crippen LogP contribution < -0.4 is 5.32 Å². The minimum atomic E-state index is -4.65. The highest BCUT2D eigenvalue weighted by Crippen LogP contribution is 2.29. The third-order valence-corrected chi connectivity index (χ3v) is 2.93. The number of rotatable bonds is 3. The largest absolute Gasteiger partial charge is 0.471 e. The third-order valence-electron chi connectivity index (χ3n) is 2.93. The van der Waals surface area contributed by atoms with Gasteiger partial charge in [-0.3, -0.25) is 0 Å². The molecule has 3 aromatic rings. The van der Waals surface area contributed by atoms with Crippen molar-refractivity contribution in [1.82, 2.24) is 19.9 Å². The van der Waals surface area contributed by atoms with Crippen LogP contribution >= 0.6 is 12.4 Å². The number of benzene rings is 1. The van der Waals surface area contributed by atoms with E-state index in [0.717, 1.165) is 11.4 Å². The summed E-state index contributed by atoms with van der Waals surface area (Å²) in [5.74, 6) is -1.48. The molecule has 0 unspecified atom stereocenters. The average molecular weight is 346 g/mol. The molecule has 0 saturated carbocycles. The lowest BCUT2D eigenvalue weighted by atomic mass is 10.2. The van der Waals surface area contributed by atoms with Crippen LogP contribution in [-0.2, 0) is 6.18 Å². The van der Waals surface area contributed by atoms with Crippen molar-refractivity contribution in [2.75, 3.05) is 12.4 Å². The molecule has 10 heteroatoms. The molecule has 0 radical (unpaired) electrons. The van der Waals surface area contributed by atoms with Gasteiger partial charge in [-0.2, -0.15) is 23.3 Å². The van der Waals surface area contributed by atoms with Crippen molar-refractivity contribution in [3.05, 3.63) is 42.5 Å². The average Bonchev–Trinajstić information content (AvgIpc) is 3.16. The zero-order chi connectivity index (χ0) is 15.7. The quantitative estimate of drug-likeness (QED) is 0.788. The highest BCUT2D eigenvalue weighted by molar-refractivity contribution is 5.85. The molecule has 0 bridgehead atoms. The first-order valence-electron chi connectivity index (χ1n) is 6.21. The monoisotopic (exact) mass is 345 g/mol. The van der Waals surface area contributed by atoms with Gasteiger partial charge < -0.3 is 9.84 Å². The number of hydrogen-bond acceptors (Lipinski definition) is 5. The van der Waals surface area contributed by atoms with Gasteiger partial charge in [-0.1, -0.05) is 5.16 Å². The molecule has 0 aliphatic heterocycles. The van der Waals surface area contributed by atoms with Crippen molar-refractivity contribution in [2.24, 2.45) is 0 Å². The van der Waals surface area contributed by atoms with Gasteiger partial charge in [0.2, 0.25) is 5.82 Å². The van der Waals surface area contributed by atoms with E-state index in [4.69, 9.17) is 0 Å². The van der Waals surface area contributed by atoms with Crippen LogP contribution in [0, 0.1) is 0 Å². The molecule has 0 spiro atoms. The Morgan fingerprint density at radius 1 is 1.17 bits per heavy atom. The van der Waals surface area contributed by atoms with Crippen molar-refractivity contribution in [3.63, 3.8) is 0 Å². The Balaban J connectivity index is 0.00000192. The third kappa shape index (κ3) is 3.45. The molecule has 122 valence electrons. The topological polar surface area (TPSA) is 68.8 Å². The second-order valence-corrected chi connectivity index (χ2v) is 4.39. The first-order valence-corrected chi connectivity index (χ1v) is 6.21. The van der Waals surface area contributed by atoms with Gasteiger partial charge in [-0.15, -0.1) is 12.4 Å². The van der Waals surface area contributed by atoms with Crippen LogP contribution in [0.1, 0.15) is 5.89 Å². The number of aromatic nitrogens is 4. The maximum absolute atomic E-state index is 12.4. The lowest BCUT2D eigenvalue weighted by Gasteiger charge is -2.01. The fourth-order valence-electron chi connectivity index (χ4n) is 1.81. The van der Waals surface area contributed by atoms with E-state index in [1.165, 1.54) is 0 Å². The Morgan fingerprint density at radius 2 is 1.87 bits per heavy atom. The van der Waals surface area contributed by atoms with Gasteiger partial charge in [0.25, 0.3) is 0 Å². The molecular weight excluding hydrogens is 335 g/mol. The molecule has 2 heterocycles. The molecule has 0 atom stereocenters. The van der Waals surface area contributed by atoms with Gasteiger partial charge in [-0.05, 0) is 24.3 Å². The molecule has 0 fully saturated rings. The molecule has 6 nitrogen and oxygen atoms in total. The maximum atomic E-state index is 12.4. The van der Waals surface area contributed by atoms with Crippen molar-refractivity contribution in [2.45, 2.75) is 6.18 Å². The van der Waals surface area contributed by atoms with Crippen LogP contribution in [-0.4, -0.2) is 27.0 Å². The van der Waals surface area contributed by atoms with Crippen LogP contribution in [0.3, 0.4) is 0 Å². The molecule has 0 saturated heterocycles. The Hall–Kier alpha value is -2.55. The SMILES string of the molecule is CNc1cnn(-c2ccc(-c3noc(C(F)(F)F)n3)cc2)c1.Cl. The van der Waals surface area contributed by atoms with E-state index in [1.54, 1.807) is 48.4 Å². The highest BCUT2D eigenvalue weighted by atomic mass is 35.5. The number of nitrogens with zero attached hydrogens (tertiary/aromatic N) is 4. The van der Waals surface area contributed by atoms with Gasteiger partial charge in [0.1, 0.15) is 0 Å². The van der Waals surface area contributed by atoms with E-state index >= 15 is 0 Å². The summed E-state index contributed by atoms with van der Waals surface area (Å²) in [7, 11) is 1.78. The summed E-state index contributed by atoms with van der Waals surface area (Å²) in [4.78, 5) is 3.34. The zero-order valence-electron chi connectivity index (χ0n) is 11.7. The molecule has 23 heavy (non-hydrogen) atoms. The van der Waals surface area contributed by atoms with Crippen LogP contribution in [0.5, 0.6) is 0 Å². The minimum absolute atomic E-state index is 0. The van der Waals surface area contributed by atoms with Crippen LogP contribution in [0.25, 0.3) is 17.1 Å². The summed E-state index contributed by atoms with van der Waals surface area (Å²) < 4.78 is 43.1. The van der Waals surface area contributed by atoms with Crippen molar-refractivity contribution in [3.8, 4) is 17.1 Å². The van der Waals surface area contributed by atoms with Gasteiger partial charge in [0.15, 0.2) is 0 Å². The Labute approximate surface area is 134 Å². The summed E-state index contributed by atoms with van der Waals surface area (Å²) >= 11 is 0. The van der Waals surface area contributed by atoms with Crippen LogP contribution in [0.2, 0.25) is 0 Å². The number of anilines is 1. The molecule has 1 aromatic carbocycles. The molecule has 0 aliphatic carbocycles. The molecule has 2 aromatic heterocycles. The summed E-state index contributed by atoms with van der Waals surface area (Å²) in [5.41, 5.74) is 2.02. The number of halogens is 4. The zero-order valence-corrected chi connectivity index (χ0v) is 12.5. The Bertz CT molecular complexity index is 782. The lowest BCUT2D eigenvalue weighted by molar-refractivity contribution is -0.159. The normalized spacial score (nSPS) is 11.1. The molecule has 0 aliphatic rings. The second-order valence-electron chi connectivity index (χ2n) is 4.39. The molecule has 1 N–H and O–H groups in total. The summed E-state index contributed by atoms with van der Waals surface area (Å²) in [6.45, 7) is 0. The van der Waals surface area contributed by atoms with Gasteiger partial charge >= 0.3 is 12.1 Å². The standard InChI is InChI=1S/C13H10F3N5O.ClH/c1-17-9-6-18-21(7-9)10-4-2-8(3-5-10)11-19-12(22-20-11)13(14,15)16;/h2-7,17H,1H3;1H. The summed E-state index contributed by atoms with van der Waals surface area (Å²) in [5, 5.41) is 10.4. The lowest BCUT2D eigenvalue weighted by Crippen LogP contribution is -2.04. The van der Waals surface area contributed by atoms with Crippen molar-refractivity contribution >= 4 is 18.1 Å². The maximum Gasteiger partial charge on any atom is 0.471 e. The van der Waals surface area contributed by atoms with Gasteiger partial charge in [0.05, 0.1) is 23.8 Å². The fraction of sp³-hybridized carbons (Fsp3) is 0.154. The number of alkyl halides is 3. The molecule has 3 rings (SSSR count). The van der Waals surface area contributed by atoms with E-state index in [0.29, 0.717) is 5.56 Å². The second kappa shape index (κ2) is 6.29.